The molecule has 0 heterocycles. The van der Waals surface area contributed by atoms with Crippen molar-refractivity contribution in [1.29, 1.82) is 0 Å². The van der Waals surface area contributed by atoms with Gasteiger partial charge in [-0.05, 0) is 19.1 Å². The van der Waals surface area contributed by atoms with Crippen LogP contribution in [0, 0.1) is 0 Å². The van der Waals surface area contributed by atoms with Gasteiger partial charge in [-0.3, -0.25) is 0 Å². The Balaban J connectivity index is 2.85. The fraction of sp³-hybridized carbons (Fsp3) is 0.231. The van der Waals surface area contributed by atoms with E-state index in [0.29, 0.717) is 11.1 Å². The molecular formula is C13H14O5. The van der Waals surface area contributed by atoms with Crippen LogP contribution in [0.2, 0.25) is 0 Å². The Morgan fingerprint density at radius 2 is 1.78 bits per heavy atom. The van der Waals surface area contributed by atoms with Crippen LogP contribution in [0.3, 0.4) is 0 Å². The summed E-state index contributed by atoms with van der Waals surface area (Å²) in [5, 5.41) is 9.65. The van der Waals surface area contributed by atoms with Gasteiger partial charge >= 0.3 is 11.9 Å². The van der Waals surface area contributed by atoms with Crippen LogP contribution >= 0.6 is 0 Å². The highest BCUT2D eigenvalue weighted by Crippen LogP contribution is 2.13. The Morgan fingerprint density at radius 3 is 2.28 bits per heavy atom. The monoisotopic (exact) mass is 250 g/mol. The number of methoxy groups -OCH3 is 1. The van der Waals surface area contributed by atoms with Gasteiger partial charge in [0.25, 0.3) is 0 Å². The molecule has 0 aliphatic carbocycles. The van der Waals surface area contributed by atoms with Crippen LogP contribution in [-0.2, 0) is 14.3 Å². The summed E-state index contributed by atoms with van der Waals surface area (Å²) in [5.41, 5.74) is 0.779. The van der Waals surface area contributed by atoms with Gasteiger partial charge in [0.05, 0.1) is 25.4 Å². The first-order valence-electron chi connectivity index (χ1n) is 5.34. The number of aliphatic hydroxyl groups is 1. The smallest absolute Gasteiger partial charge is 0.337 e. The minimum atomic E-state index is -0.618. The molecule has 0 spiro atoms. The topological polar surface area (TPSA) is 72.8 Å². The van der Waals surface area contributed by atoms with Crippen molar-refractivity contribution in [2.75, 3.05) is 13.7 Å². The summed E-state index contributed by atoms with van der Waals surface area (Å²) in [6.45, 7) is 1.91. The lowest BCUT2D eigenvalue weighted by molar-refractivity contribution is -0.137. The summed E-state index contributed by atoms with van der Waals surface area (Å²) in [6.07, 6.45) is 0.983. The van der Waals surface area contributed by atoms with Crippen molar-refractivity contribution in [3.8, 4) is 0 Å². The molecule has 0 atom stereocenters. The molecule has 5 nitrogen and oxygen atoms in total. The average Bonchev–Trinajstić information content (AvgIpc) is 2.38. The van der Waals surface area contributed by atoms with Crippen LogP contribution in [0.5, 0.6) is 0 Å². The molecular weight excluding hydrogens is 236 g/mol. The van der Waals surface area contributed by atoms with E-state index in [0.717, 1.165) is 6.08 Å². The van der Waals surface area contributed by atoms with E-state index in [-0.39, 0.29) is 12.4 Å². The lowest BCUT2D eigenvalue weighted by atomic mass is 10.1. The summed E-state index contributed by atoms with van der Waals surface area (Å²) in [5.74, 6) is -1.30. The van der Waals surface area contributed by atoms with Gasteiger partial charge in [0.2, 0.25) is 0 Å². The summed E-state index contributed by atoms with van der Waals surface area (Å²) in [7, 11) is 1.29. The third-order valence-electron chi connectivity index (χ3n) is 2.14. The second-order valence-electron chi connectivity index (χ2n) is 3.35. The quantitative estimate of drug-likeness (QED) is 0.502. The Hall–Kier alpha value is -2.30. The predicted octanol–water partition coefficient (Wildman–Crippen LogP) is 1.94. The Labute approximate surface area is 105 Å². The van der Waals surface area contributed by atoms with Crippen molar-refractivity contribution in [2.24, 2.45) is 0 Å². The van der Waals surface area contributed by atoms with Crippen molar-refractivity contribution in [3.05, 3.63) is 41.5 Å². The first kappa shape index (κ1) is 13.8. The number of aliphatic hydroxyl groups excluding tert-OH is 1. The van der Waals surface area contributed by atoms with E-state index in [4.69, 9.17) is 0 Å². The Bertz CT molecular complexity index is 459. The lowest BCUT2D eigenvalue weighted by Crippen LogP contribution is -2.02. The van der Waals surface area contributed by atoms with Gasteiger partial charge in [0, 0.05) is 5.56 Å². The molecule has 1 aromatic rings. The third kappa shape index (κ3) is 3.62. The third-order valence-corrected chi connectivity index (χ3v) is 2.14. The average molecular weight is 250 g/mol. The maximum absolute atomic E-state index is 11.2. The summed E-state index contributed by atoms with van der Waals surface area (Å²) in [6, 6.07) is 6.02. The van der Waals surface area contributed by atoms with Gasteiger partial charge in [-0.15, -0.1) is 0 Å². The molecule has 0 aliphatic rings. The van der Waals surface area contributed by atoms with Crippen molar-refractivity contribution in [2.45, 2.75) is 6.92 Å². The van der Waals surface area contributed by atoms with Gasteiger partial charge in [-0.25, -0.2) is 9.59 Å². The highest BCUT2D eigenvalue weighted by Gasteiger charge is 2.07. The van der Waals surface area contributed by atoms with Gasteiger partial charge < -0.3 is 14.6 Å². The largest absolute Gasteiger partial charge is 0.507 e. The van der Waals surface area contributed by atoms with Crippen molar-refractivity contribution in [1.82, 2.24) is 0 Å². The van der Waals surface area contributed by atoms with E-state index < -0.39 is 11.9 Å². The predicted molar refractivity (Wildman–Crippen MR) is 65.0 cm³/mol. The summed E-state index contributed by atoms with van der Waals surface area (Å²) < 4.78 is 9.21. The zero-order chi connectivity index (χ0) is 13.5. The number of benzene rings is 1. The van der Waals surface area contributed by atoms with E-state index in [2.05, 4.69) is 9.47 Å². The Kier molecular flexibility index (Phi) is 4.92. The molecule has 0 radical (unpaired) electrons. The van der Waals surface area contributed by atoms with Crippen LogP contribution in [0.25, 0.3) is 5.76 Å². The molecule has 0 unspecified atom stereocenters. The molecule has 96 valence electrons. The number of hydrogen-bond acceptors (Lipinski definition) is 5. The number of rotatable bonds is 4. The second-order valence-corrected chi connectivity index (χ2v) is 3.35. The molecule has 0 amide bonds. The molecule has 0 fully saturated rings. The molecule has 1 rings (SSSR count). The maximum Gasteiger partial charge on any atom is 0.337 e. The van der Waals surface area contributed by atoms with Crippen LogP contribution in [0.1, 0.15) is 22.8 Å². The van der Waals surface area contributed by atoms with Crippen molar-refractivity contribution >= 4 is 17.7 Å². The van der Waals surface area contributed by atoms with E-state index in [1.807, 2.05) is 0 Å². The van der Waals surface area contributed by atoms with Crippen LogP contribution in [0.4, 0.5) is 0 Å². The molecule has 0 aromatic heterocycles. The standard InChI is InChI=1S/C13H14O5/c1-3-18-12(15)8-11(14)9-4-6-10(7-5-9)13(16)17-2/h4-8,14H,3H2,1-2H3. The molecule has 0 saturated heterocycles. The highest BCUT2D eigenvalue weighted by atomic mass is 16.5. The first-order chi connectivity index (χ1) is 8.58. The molecule has 1 N–H and O–H groups in total. The lowest BCUT2D eigenvalue weighted by Gasteiger charge is -2.02. The first-order valence-corrected chi connectivity index (χ1v) is 5.34. The SMILES string of the molecule is CCOC(=O)C=C(O)c1ccc(C(=O)OC)cc1. The van der Waals surface area contributed by atoms with Gasteiger partial charge in [-0.2, -0.15) is 0 Å². The minimum absolute atomic E-state index is 0.218. The van der Waals surface area contributed by atoms with Gasteiger partial charge in [0.15, 0.2) is 0 Å². The molecule has 5 heteroatoms. The summed E-state index contributed by atoms with van der Waals surface area (Å²) in [4.78, 5) is 22.3. The van der Waals surface area contributed by atoms with E-state index in [1.165, 1.54) is 31.4 Å². The zero-order valence-electron chi connectivity index (χ0n) is 10.2. The molecule has 0 saturated carbocycles. The highest BCUT2D eigenvalue weighted by molar-refractivity contribution is 5.91. The van der Waals surface area contributed by atoms with Gasteiger partial charge in [0.1, 0.15) is 5.76 Å². The minimum Gasteiger partial charge on any atom is -0.507 e. The molecule has 1 aromatic carbocycles. The van der Waals surface area contributed by atoms with Crippen molar-refractivity contribution < 1.29 is 24.2 Å². The van der Waals surface area contributed by atoms with Gasteiger partial charge in [-0.1, -0.05) is 12.1 Å². The molecule has 0 aliphatic heterocycles. The van der Waals surface area contributed by atoms with Crippen molar-refractivity contribution in [3.63, 3.8) is 0 Å². The second kappa shape index (κ2) is 6.44. The number of carbonyl (C=O) groups excluding carboxylic acids is 2. The number of carbonyl (C=O) groups is 2. The number of hydrogen-bond donors (Lipinski definition) is 1. The number of ether oxygens (including phenoxy) is 2. The zero-order valence-corrected chi connectivity index (χ0v) is 10.2. The van der Waals surface area contributed by atoms with E-state index in [9.17, 15) is 14.7 Å². The van der Waals surface area contributed by atoms with Crippen LogP contribution < -0.4 is 0 Å². The fourth-order valence-corrected chi connectivity index (χ4v) is 1.27. The fourth-order valence-electron chi connectivity index (χ4n) is 1.27. The van der Waals surface area contributed by atoms with E-state index >= 15 is 0 Å². The van der Waals surface area contributed by atoms with E-state index in [1.54, 1.807) is 6.92 Å². The normalized spacial score (nSPS) is 10.9. The molecule has 0 bridgehead atoms. The number of esters is 2. The van der Waals surface area contributed by atoms with Crippen LogP contribution in [-0.4, -0.2) is 30.8 Å². The Morgan fingerprint density at radius 1 is 1.22 bits per heavy atom. The summed E-state index contributed by atoms with van der Waals surface area (Å²) >= 11 is 0. The molecule has 18 heavy (non-hydrogen) atoms. The maximum atomic E-state index is 11.2. The van der Waals surface area contributed by atoms with Crippen LogP contribution in [0.15, 0.2) is 30.3 Å².